The fraction of sp³-hybridized carbons (Fsp3) is 0.875. The third-order valence-electron chi connectivity index (χ3n) is 5.02. The lowest BCUT2D eigenvalue weighted by atomic mass is 9.94. The Balaban J connectivity index is 1.81. The van der Waals surface area contributed by atoms with Crippen LogP contribution in [0.2, 0.25) is 0 Å². The number of urea groups is 1. The van der Waals surface area contributed by atoms with Crippen molar-refractivity contribution in [2.24, 2.45) is 5.92 Å². The molecule has 5 heteroatoms. The van der Waals surface area contributed by atoms with Crippen molar-refractivity contribution in [1.29, 1.82) is 0 Å². The second-order valence-corrected chi connectivity index (χ2v) is 6.57. The molecule has 0 atom stereocenters. The maximum Gasteiger partial charge on any atom is 0.319 e. The van der Waals surface area contributed by atoms with E-state index in [0.717, 1.165) is 25.7 Å². The summed E-state index contributed by atoms with van der Waals surface area (Å²) in [6.45, 7) is 1.40. The summed E-state index contributed by atoms with van der Waals surface area (Å²) >= 11 is 0. The summed E-state index contributed by atoms with van der Waals surface area (Å²) in [5, 5.41) is 8.84. The fourth-order valence-electron chi connectivity index (χ4n) is 3.60. The number of amides is 2. The molecule has 0 aromatic rings. The van der Waals surface area contributed by atoms with Crippen molar-refractivity contribution in [3.63, 3.8) is 0 Å². The fourth-order valence-corrected chi connectivity index (χ4v) is 3.60. The first-order valence-electron chi connectivity index (χ1n) is 8.31. The minimum absolute atomic E-state index is 0.135. The van der Waals surface area contributed by atoms with Gasteiger partial charge in [-0.15, -0.1) is 0 Å². The Morgan fingerprint density at radius 3 is 2.14 bits per heavy atom. The zero-order chi connectivity index (χ0) is 15.2. The molecule has 2 rings (SSSR count). The van der Waals surface area contributed by atoms with Crippen LogP contribution in [0, 0.1) is 5.92 Å². The maximum atomic E-state index is 12.6. The number of nitrogens with zero attached hydrogens (tertiary/aromatic N) is 2. The van der Waals surface area contributed by atoms with E-state index in [1.807, 2.05) is 16.8 Å². The molecule has 1 N–H and O–H groups in total. The molecule has 2 aliphatic rings. The summed E-state index contributed by atoms with van der Waals surface area (Å²) in [4.78, 5) is 27.2. The number of carbonyl (C=O) groups is 2. The van der Waals surface area contributed by atoms with Gasteiger partial charge < -0.3 is 14.9 Å². The minimum atomic E-state index is -0.727. The highest BCUT2D eigenvalue weighted by Crippen LogP contribution is 2.24. The maximum absolute atomic E-state index is 12.6. The summed E-state index contributed by atoms with van der Waals surface area (Å²) in [7, 11) is 1.93. The van der Waals surface area contributed by atoms with Crippen molar-refractivity contribution in [2.75, 3.05) is 20.1 Å². The topological polar surface area (TPSA) is 60.9 Å². The van der Waals surface area contributed by atoms with Gasteiger partial charge in [-0.2, -0.15) is 0 Å². The lowest BCUT2D eigenvalue weighted by Crippen LogP contribution is -2.48. The summed E-state index contributed by atoms with van der Waals surface area (Å²) < 4.78 is 0. The van der Waals surface area contributed by atoms with E-state index < -0.39 is 5.97 Å². The highest BCUT2D eigenvalue weighted by atomic mass is 16.4. The molecule has 1 aliphatic heterocycles. The molecule has 0 aromatic carbocycles. The lowest BCUT2D eigenvalue weighted by Gasteiger charge is -2.37. The lowest BCUT2D eigenvalue weighted by molar-refractivity contribution is -0.138. The van der Waals surface area contributed by atoms with Crippen molar-refractivity contribution in [3.8, 4) is 0 Å². The number of hydrogen-bond acceptors (Lipinski definition) is 2. The number of likely N-dealkylation sites (tertiary alicyclic amines) is 1. The average Bonchev–Trinajstić information content (AvgIpc) is 2.75. The molecule has 1 aliphatic carbocycles. The predicted octanol–water partition coefficient (Wildman–Crippen LogP) is 2.95. The van der Waals surface area contributed by atoms with Gasteiger partial charge in [-0.25, -0.2) is 4.79 Å². The van der Waals surface area contributed by atoms with Crippen molar-refractivity contribution < 1.29 is 14.7 Å². The Kier molecular flexibility index (Phi) is 5.88. The Hall–Kier alpha value is -1.26. The first-order valence-corrected chi connectivity index (χ1v) is 8.31. The van der Waals surface area contributed by atoms with Gasteiger partial charge in [-0.3, -0.25) is 4.79 Å². The van der Waals surface area contributed by atoms with Gasteiger partial charge in [0.25, 0.3) is 0 Å². The zero-order valence-corrected chi connectivity index (χ0v) is 13.1. The average molecular weight is 296 g/mol. The predicted molar refractivity (Wildman–Crippen MR) is 81.2 cm³/mol. The van der Waals surface area contributed by atoms with E-state index >= 15 is 0 Å². The molecule has 5 nitrogen and oxygen atoms in total. The second-order valence-electron chi connectivity index (χ2n) is 6.57. The minimum Gasteiger partial charge on any atom is -0.481 e. The molecule has 1 heterocycles. The van der Waals surface area contributed by atoms with Crippen molar-refractivity contribution in [3.05, 3.63) is 0 Å². The molecule has 0 unspecified atom stereocenters. The smallest absolute Gasteiger partial charge is 0.319 e. The Morgan fingerprint density at radius 1 is 1.05 bits per heavy atom. The highest BCUT2D eigenvalue weighted by Gasteiger charge is 2.29. The van der Waals surface area contributed by atoms with Gasteiger partial charge >= 0.3 is 12.0 Å². The van der Waals surface area contributed by atoms with E-state index in [4.69, 9.17) is 5.11 Å². The molecule has 0 bridgehead atoms. The molecule has 2 amide bonds. The van der Waals surface area contributed by atoms with Crippen LogP contribution in [0.5, 0.6) is 0 Å². The summed E-state index contributed by atoms with van der Waals surface area (Å²) in [6.07, 6.45) is 9.15. The van der Waals surface area contributed by atoms with Crippen LogP contribution in [0.4, 0.5) is 4.79 Å². The van der Waals surface area contributed by atoms with Crippen molar-refractivity contribution >= 4 is 12.0 Å². The van der Waals surface area contributed by atoms with Gasteiger partial charge in [0.2, 0.25) is 0 Å². The molecule has 120 valence electrons. The number of rotatable bonds is 3. The Labute approximate surface area is 127 Å². The van der Waals surface area contributed by atoms with E-state index in [0.29, 0.717) is 19.1 Å². The summed E-state index contributed by atoms with van der Waals surface area (Å²) in [5.41, 5.74) is 0. The van der Waals surface area contributed by atoms with Gasteiger partial charge in [-0.1, -0.05) is 25.7 Å². The van der Waals surface area contributed by atoms with E-state index in [-0.39, 0.29) is 18.4 Å². The molecule has 1 saturated heterocycles. The number of hydrogen-bond donors (Lipinski definition) is 1. The monoisotopic (exact) mass is 296 g/mol. The number of carboxylic acids is 1. The van der Waals surface area contributed by atoms with Gasteiger partial charge in [-0.05, 0) is 31.6 Å². The quantitative estimate of drug-likeness (QED) is 0.815. The first kappa shape index (κ1) is 16.1. The van der Waals surface area contributed by atoms with E-state index in [1.165, 1.54) is 25.7 Å². The highest BCUT2D eigenvalue weighted by molar-refractivity contribution is 5.74. The SMILES string of the molecule is CN(C(=O)N1CCC(CC(=O)O)CC1)C1CCCCCC1. The van der Waals surface area contributed by atoms with E-state index in [9.17, 15) is 9.59 Å². The van der Waals surface area contributed by atoms with Crippen molar-refractivity contribution in [2.45, 2.75) is 63.8 Å². The van der Waals surface area contributed by atoms with Crippen LogP contribution in [-0.4, -0.2) is 53.1 Å². The molecular formula is C16H28N2O3. The molecule has 0 spiro atoms. The number of piperidine rings is 1. The Morgan fingerprint density at radius 2 is 1.62 bits per heavy atom. The van der Waals surface area contributed by atoms with Crippen LogP contribution in [0.15, 0.2) is 0 Å². The van der Waals surface area contributed by atoms with Crippen LogP contribution in [0.25, 0.3) is 0 Å². The van der Waals surface area contributed by atoms with Gasteiger partial charge in [0, 0.05) is 32.6 Å². The number of carbonyl (C=O) groups excluding carboxylic acids is 1. The van der Waals surface area contributed by atoms with E-state index in [2.05, 4.69) is 0 Å². The first-order chi connectivity index (χ1) is 10.1. The van der Waals surface area contributed by atoms with Crippen LogP contribution >= 0.6 is 0 Å². The molecule has 0 aromatic heterocycles. The standard InChI is InChI=1S/C16H28N2O3/c1-17(14-6-4-2-3-5-7-14)16(21)18-10-8-13(9-11-18)12-15(19)20/h13-14H,2-12H2,1H3,(H,19,20). The normalized spacial score (nSPS) is 21.9. The third-order valence-corrected chi connectivity index (χ3v) is 5.02. The van der Waals surface area contributed by atoms with Crippen LogP contribution in [-0.2, 0) is 4.79 Å². The van der Waals surface area contributed by atoms with Gasteiger partial charge in [0.1, 0.15) is 0 Å². The van der Waals surface area contributed by atoms with Gasteiger partial charge in [0.05, 0.1) is 0 Å². The number of aliphatic carboxylic acids is 1. The summed E-state index contributed by atoms with van der Waals surface area (Å²) in [6, 6.07) is 0.521. The van der Waals surface area contributed by atoms with Crippen LogP contribution in [0.1, 0.15) is 57.8 Å². The molecule has 1 saturated carbocycles. The number of carboxylic acid groups (broad SMARTS) is 1. The van der Waals surface area contributed by atoms with Gasteiger partial charge in [0.15, 0.2) is 0 Å². The summed E-state index contributed by atoms with van der Waals surface area (Å²) in [5.74, 6) is -0.495. The molecular weight excluding hydrogens is 268 g/mol. The third kappa shape index (κ3) is 4.61. The van der Waals surface area contributed by atoms with E-state index in [1.54, 1.807) is 0 Å². The van der Waals surface area contributed by atoms with Crippen LogP contribution in [0.3, 0.4) is 0 Å². The zero-order valence-electron chi connectivity index (χ0n) is 13.1. The van der Waals surface area contributed by atoms with Crippen molar-refractivity contribution in [1.82, 2.24) is 9.80 Å². The van der Waals surface area contributed by atoms with Crippen LogP contribution < -0.4 is 0 Å². The largest absolute Gasteiger partial charge is 0.481 e. The Bertz CT molecular complexity index is 357. The second kappa shape index (κ2) is 7.66. The molecule has 0 radical (unpaired) electrons. The molecule has 21 heavy (non-hydrogen) atoms. The molecule has 2 fully saturated rings.